The van der Waals surface area contributed by atoms with Crippen LogP contribution in [0, 0.1) is 5.82 Å². The molecule has 0 aliphatic heterocycles. The second-order valence-corrected chi connectivity index (χ2v) is 8.88. The molecule has 0 spiro atoms. The van der Waals surface area contributed by atoms with Crippen molar-refractivity contribution in [3.8, 4) is 0 Å². The third-order valence-corrected chi connectivity index (χ3v) is 4.52. The number of carbonyl (C=O) groups excluding carboxylic acids is 1. The van der Waals surface area contributed by atoms with Crippen molar-refractivity contribution in [2.45, 2.75) is 57.6 Å². The first kappa shape index (κ1) is 19.3. The highest BCUT2D eigenvalue weighted by molar-refractivity contribution is 7.99. The molecule has 1 aliphatic carbocycles. The maximum atomic E-state index is 14.9. The number of esters is 1. The van der Waals surface area contributed by atoms with E-state index in [9.17, 15) is 9.18 Å². The molecule has 1 aliphatic rings. The molecular formula is C18H23ClFNO2S. The molecule has 0 heterocycles. The summed E-state index contributed by atoms with van der Waals surface area (Å²) < 4.78 is 24.2. The lowest BCUT2D eigenvalue weighted by Crippen LogP contribution is -2.15. The van der Waals surface area contributed by atoms with E-state index in [1.54, 1.807) is 19.1 Å². The average Bonchev–Trinajstić information content (AvgIpc) is 3.29. The van der Waals surface area contributed by atoms with Crippen molar-refractivity contribution >= 4 is 35.2 Å². The van der Waals surface area contributed by atoms with Gasteiger partial charge in [0.2, 0.25) is 0 Å². The number of benzene rings is 1. The minimum absolute atomic E-state index is 0.0711. The van der Waals surface area contributed by atoms with E-state index in [-0.39, 0.29) is 29.5 Å². The smallest absolute Gasteiger partial charge is 0.311 e. The summed E-state index contributed by atoms with van der Waals surface area (Å²) in [6.07, 6.45) is 1.87. The molecule has 0 bridgehead atoms. The van der Waals surface area contributed by atoms with Gasteiger partial charge in [-0.1, -0.05) is 11.6 Å². The average molecular weight is 372 g/mol. The molecule has 0 radical (unpaired) electrons. The second-order valence-electron chi connectivity index (χ2n) is 6.85. The molecule has 2 rings (SSSR count). The monoisotopic (exact) mass is 371 g/mol. The summed E-state index contributed by atoms with van der Waals surface area (Å²) in [6.45, 7) is 8.04. The van der Waals surface area contributed by atoms with E-state index < -0.39 is 5.97 Å². The number of rotatable bonds is 6. The summed E-state index contributed by atoms with van der Waals surface area (Å²) in [5.74, 6) is -0.515. The largest absolute Gasteiger partial charge is 0.466 e. The van der Waals surface area contributed by atoms with Crippen molar-refractivity contribution in [3.05, 3.63) is 34.1 Å². The molecule has 132 valence electrons. The number of hydrogen-bond donors (Lipinski definition) is 0. The van der Waals surface area contributed by atoms with Gasteiger partial charge in [0.25, 0.3) is 0 Å². The van der Waals surface area contributed by atoms with Crippen LogP contribution >= 0.6 is 23.5 Å². The van der Waals surface area contributed by atoms with Gasteiger partial charge in [0.1, 0.15) is 5.82 Å². The fourth-order valence-electron chi connectivity index (χ4n) is 2.23. The van der Waals surface area contributed by atoms with Crippen molar-refractivity contribution in [1.29, 1.82) is 0 Å². The number of hydrogen-bond acceptors (Lipinski definition) is 4. The first-order valence-corrected chi connectivity index (χ1v) is 9.26. The van der Waals surface area contributed by atoms with Crippen LogP contribution < -0.4 is 0 Å². The topological polar surface area (TPSA) is 38.7 Å². The molecular weight excluding hydrogens is 349 g/mol. The van der Waals surface area contributed by atoms with Crippen LogP contribution in [0.3, 0.4) is 0 Å². The van der Waals surface area contributed by atoms with Crippen molar-refractivity contribution in [2.75, 3.05) is 6.61 Å². The summed E-state index contributed by atoms with van der Waals surface area (Å²) >= 11 is 7.49. The summed E-state index contributed by atoms with van der Waals surface area (Å²) in [5.41, 5.74) is 1.29. The molecule has 0 saturated heterocycles. The normalized spacial score (nSPS) is 15.5. The summed E-state index contributed by atoms with van der Waals surface area (Å²) in [5, 5.41) is 0.464. The molecule has 1 fully saturated rings. The van der Waals surface area contributed by atoms with Gasteiger partial charge in [-0.15, -0.1) is 0 Å². The Balaban J connectivity index is 2.40. The van der Waals surface area contributed by atoms with Crippen molar-refractivity contribution in [2.24, 2.45) is 4.40 Å². The molecule has 0 aromatic heterocycles. The van der Waals surface area contributed by atoms with Crippen LogP contribution in [0.2, 0.25) is 5.02 Å². The Morgan fingerprint density at radius 2 is 2.08 bits per heavy atom. The Labute approximate surface area is 152 Å². The molecule has 1 saturated carbocycles. The SMILES string of the molecule is CCOC(=O)C/C(=N\SC(C)(C)C)c1cc(Cl)cc(C2CC2)c1F. The predicted molar refractivity (Wildman–Crippen MR) is 98.5 cm³/mol. The van der Waals surface area contributed by atoms with Crippen molar-refractivity contribution in [3.63, 3.8) is 0 Å². The highest BCUT2D eigenvalue weighted by atomic mass is 35.5. The molecule has 0 amide bonds. The highest BCUT2D eigenvalue weighted by Gasteiger charge is 2.29. The zero-order valence-corrected chi connectivity index (χ0v) is 16.1. The van der Waals surface area contributed by atoms with Gasteiger partial charge >= 0.3 is 5.97 Å². The van der Waals surface area contributed by atoms with Crippen LogP contribution in [0.5, 0.6) is 0 Å². The summed E-state index contributed by atoms with van der Waals surface area (Å²) in [4.78, 5) is 11.9. The van der Waals surface area contributed by atoms with E-state index >= 15 is 0 Å². The van der Waals surface area contributed by atoms with Gasteiger partial charge in [0, 0.05) is 15.3 Å². The molecule has 1 aromatic rings. The maximum absolute atomic E-state index is 14.9. The van der Waals surface area contributed by atoms with Crippen LogP contribution in [0.1, 0.15) is 64.0 Å². The Morgan fingerprint density at radius 1 is 1.42 bits per heavy atom. The third kappa shape index (κ3) is 5.49. The fraction of sp³-hybridized carbons (Fsp3) is 0.556. The predicted octanol–water partition coefficient (Wildman–Crippen LogP) is 5.55. The number of nitrogens with zero attached hydrogens (tertiary/aromatic N) is 1. The standard InChI is InChI=1S/C18H23ClFNO2S/c1-5-23-16(22)10-15(21-24-18(2,3)4)14-9-12(19)8-13(17(14)20)11-6-7-11/h8-9,11H,5-7,10H2,1-4H3/b21-15+. The highest BCUT2D eigenvalue weighted by Crippen LogP contribution is 2.43. The molecule has 3 nitrogen and oxygen atoms in total. The molecule has 0 unspecified atom stereocenters. The minimum atomic E-state index is -0.418. The first-order valence-electron chi connectivity index (χ1n) is 8.11. The second kappa shape index (κ2) is 7.87. The minimum Gasteiger partial charge on any atom is -0.466 e. The van der Waals surface area contributed by atoms with Crippen molar-refractivity contribution in [1.82, 2.24) is 0 Å². The molecule has 24 heavy (non-hydrogen) atoms. The zero-order valence-electron chi connectivity index (χ0n) is 14.5. The van der Waals surface area contributed by atoms with Crippen LogP contribution in [-0.4, -0.2) is 23.0 Å². The quantitative estimate of drug-likeness (QED) is 0.374. The Kier molecular flexibility index (Phi) is 6.32. The Hall–Kier alpha value is -1.07. The number of ether oxygens (including phenoxy) is 1. The van der Waals surface area contributed by atoms with Gasteiger partial charge in [-0.3, -0.25) is 4.79 Å². The van der Waals surface area contributed by atoms with E-state index in [0.717, 1.165) is 12.8 Å². The molecule has 1 aromatic carbocycles. The molecule has 0 N–H and O–H groups in total. The van der Waals surface area contributed by atoms with Crippen LogP contribution in [0.25, 0.3) is 0 Å². The van der Waals surface area contributed by atoms with Gasteiger partial charge < -0.3 is 4.74 Å². The first-order chi connectivity index (χ1) is 11.2. The van der Waals surface area contributed by atoms with E-state index in [0.29, 0.717) is 21.9 Å². The Morgan fingerprint density at radius 3 is 2.62 bits per heavy atom. The fourth-order valence-corrected chi connectivity index (χ4v) is 3.00. The number of carbonyl (C=O) groups is 1. The van der Waals surface area contributed by atoms with Crippen LogP contribution in [0.4, 0.5) is 4.39 Å². The Bertz CT molecular complexity index is 651. The summed E-state index contributed by atoms with van der Waals surface area (Å²) in [7, 11) is 0. The van der Waals surface area contributed by atoms with Gasteiger partial charge in [-0.05, 0) is 76.1 Å². The van der Waals surface area contributed by atoms with Crippen LogP contribution in [-0.2, 0) is 9.53 Å². The van der Waals surface area contributed by atoms with Crippen molar-refractivity contribution < 1.29 is 13.9 Å². The number of halogens is 2. The molecule has 6 heteroatoms. The van der Waals surface area contributed by atoms with Gasteiger partial charge in [-0.2, -0.15) is 0 Å². The van der Waals surface area contributed by atoms with Gasteiger partial charge in [-0.25, -0.2) is 8.79 Å². The lowest BCUT2D eigenvalue weighted by molar-refractivity contribution is -0.141. The van der Waals surface area contributed by atoms with E-state index in [4.69, 9.17) is 16.3 Å². The maximum Gasteiger partial charge on any atom is 0.311 e. The van der Waals surface area contributed by atoms with E-state index in [2.05, 4.69) is 4.40 Å². The van der Waals surface area contributed by atoms with Gasteiger partial charge in [0.15, 0.2) is 0 Å². The lowest BCUT2D eigenvalue weighted by Gasteiger charge is -2.16. The summed E-state index contributed by atoms with van der Waals surface area (Å²) in [6, 6.07) is 3.22. The van der Waals surface area contributed by atoms with E-state index in [1.807, 2.05) is 20.8 Å². The lowest BCUT2D eigenvalue weighted by atomic mass is 10.0. The van der Waals surface area contributed by atoms with Crippen LogP contribution in [0.15, 0.2) is 16.5 Å². The zero-order chi connectivity index (χ0) is 17.9. The third-order valence-electron chi connectivity index (χ3n) is 3.44. The van der Waals surface area contributed by atoms with Gasteiger partial charge in [0.05, 0.1) is 18.7 Å². The van der Waals surface area contributed by atoms with E-state index in [1.165, 1.54) is 11.9 Å². The molecule has 0 atom stereocenters.